The number of thiophene rings is 1. The Bertz CT molecular complexity index is 935. The van der Waals surface area contributed by atoms with Gasteiger partial charge in [-0.05, 0) is 43.0 Å². The van der Waals surface area contributed by atoms with E-state index in [1.54, 1.807) is 12.1 Å². The van der Waals surface area contributed by atoms with Gasteiger partial charge in [-0.15, -0.1) is 11.3 Å². The van der Waals surface area contributed by atoms with Crippen LogP contribution in [0.15, 0.2) is 30.3 Å². The summed E-state index contributed by atoms with van der Waals surface area (Å²) in [5.74, 6) is -0.251. The maximum atomic E-state index is 12.5. The van der Waals surface area contributed by atoms with E-state index >= 15 is 0 Å². The lowest BCUT2D eigenvalue weighted by Gasteiger charge is -2.06. The fraction of sp³-hybridized carbons (Fsp3) is 0.176. The average Bonchev–Trinajstić information content (AvgIpc) is 3.12. The largest absolute Gasteiger partial charge is 0.397 e. The number of nitrogens with zero attached hydrogens (tertiary/aromatic N) is 1. The average molecular weight is 344 g/mol. The van der Waals surface area contributed by atoms with Crippen LogP contribution in [0.2, 0.25) is 5.02 Å². The van der Waals surface area contributed by atoms with Crippen LogP contribution >= 0.6 is 22.9 Å². The fourth-order valence-electron chi connectivity index (χ4n) is 2.91. The Morgan fingerprint density at radius 3 is 2.96 bits per heavy atom. The van der Waals surface area contributed by atoms with Crippen molar-refractivity contribution in [1.29, 1.82) is 0 Å². The predicted octanol–water partition coefficient (Wildman–Crippen LogP) is 4.27. The van der Waals surface area contributed by atoms with Crippen molar-refractivity contribution < 1.29 is 4.79 Å². The van der Waals surface area contributed by atoms with Crippen molar-refractivity contribution in [2.75, 3.05) is 11.1 Å². The van der Waals surface area contributed by atoms with E-state index in [0.29, 0.717) is 21.3 Å². The number of aryl methyl sites for hydroxylation is 2. The van der Waals surface area contributed by atoms with E-state index in [0.717, 1.165) is 35.2 Å². The first kappa shape index (κ1) is 14.5. The van der Waals surface area contributed by atoms with Gasteiger partial charge < -0.3 is 11.1 Å². The summed E-state index contributed by atoms with van der Waals surface area (Å²) in [4.78, 5) is 18.5. The van der Waals surface area contributed by atoms with Gasteiger partial charge in [-0.2, -0.15) is 0 Å². The van der Waals surface area contributed by atoms with Crippen LogP contribution in [-0.4, -0.2) is 10.9 Å². The number of nitrogens with two attached hydrogens (primary N) is 1. The van der Waals surface area contributed by atoms with Gasteiger partial charge in [0, 0.05) is 11.1 Å². The summed E-state index contributed by atoms with van der Waals surface area (Å²) in [5.41, 5.74) is 9.66. The quantitative estimate of drug-likeness (QED) is 0.730. The Morgan fingerprint density at radius 2 is 2.13 bits per heavy atom. The van der Waals surface area contributed by atoms with Crippen LogP contribution in [-0.2, 0) is 12.8 Å². The summed E-state index contributed by atoms with van der Waals surface area (Å²) >= 11 is 7.42. The number of hydrogen-bond acceptors (Lipinski definition) is 4. The number of halogens is 1. The van der Waals surface area contributed by atoms with Crippen molar-refractivity contribution in [1.82, 2.24) is 4.98 Å². The van der Waals surface area contributed by atoms with E-state index in [2.05, 4.69) is 16.4 Å². The van der Waals surface area contributed by atoms with Gasteiger partial charge in [-0.3, -0.25) is 4.79 Å². The highest BCUT2D eigenvalue weighted by molar-refractivity contribution is 7.21. The molecule has 23 heavy (non-hydrogen) atoms. The summed E-state index contributed by atoms with van der Waals surface area (Å²) in [5, 5.41) is 4.19. The first-order chi connectivity index (χ1) is 11.1. The lowest BCUT2D eigenvalue weighted by Crippen LogP contribution is -2.12. The van der Waals surface area contributed by atoms with Crippen molar-refractivity contribution in [3.63, 3.8) is 0 Å². The molecular weight excluding hydrogens is 330 g/mol. The Kier molecular flexibility index (Phi) is 3.47. The maximum absolute atomic E-state index is 12.5. The third kappa shape index (κ3) is 2.46. The molecule has 2 aromatic heterocycles. The lowest BCUT2D eigenvalue weighted by molar-refractivity contribution is 0.103. The molecular formula is C17H14ClN3OS. The Balaban J connectivity index is 1.73. The van der Waals surface area contributed by atoms with Gasteiger partial charge in [0.25, 0.3) is 5.91 Å². The zero-order valence-electron chi connectivity index (χ0n) is 12.2. The molecule has 1 amide bonds. The summed E-state index contributed by atoms with van der Waals surface area (Å²) in [7, 11) is 0. The van der Waals surface area contributed by atoms with Crippen molar-refractivity contribution in [2.45, 2.75) is 19.3 Å². The maximum Gasteiger partial charge on any atom is 0.267 e. The minimum Gasteiger partial charge on any atom is -0.397 e. The third-order valence-electron chi connectivity index (χ3n) is 4.08. The third-order valence-corrected chi connectivity index (χ3v) is 5.52. The van der Waals surface area contributed by atoms with Crippen molar-refractivity contribution >= 4 is 50.4 Å². The molecule has 0 unspecified atom stereocenters. The second kappa shape index (κ2) is 5.51. The second-order valence-electron chi connectivity index (χ2n) is 5.58. The summed E-state index contributed by atoms with van der Waals surface area (Å²) in [6, 6.07) is 9.22. The second-order valence-corrected chi connectivity index (χ2v) is 6.99. The van der Waals surface area contributed by atoms with Gasteiger partial charge in [0.15, 0.2) is 0 Å². The fourth-order valence-corrected chi connectivity index (χ4v) is 4.08. The molecule has 0 fully saturated rings. The van der Waals surface area contributed by atoms with E-state index < -0.39 is 0 Å². The summed E-state index contributed by atoms with van der Waals surface area (Å²) < 4.78 is 0. The smallest absolute Gasteiger partial charge is 0.267 e. The van der Waals surface area contributed by atoms with Gasteiger partial charge in [0.1, 0.15) is 9.71 Å². The molecule has 4 rings (SSSR count). The molecule has 0 saturated heterocycles. The van der Waals surface area contributed by atoms with Crippen LogP contribution in [0.4, 0.5) is 11.4 Å². The van der Waals surface area contributed by atoms with Crippen LogP contribution in [0.3, 0.4) is 0 Å². The molecule has 1 aliphatic rings. The number of aromatic nitrogens is 1. The number of pyridine rings is 1. The number of amides is 1. The van der Waals surface area contributed by atoms with E-state index in [-0.39, 0.29) is 5.91 Å². The minimum absolute atomic E-state index is 0.251. The molecule has 0 atom stereocenters. The zero-order chi connectivity index (χ0) is 16.0. The number of hydrogen-bond donors (Lipinski definition) is 2. The number of fused-ring (bicyclic) bond motifs is 2. The predicted molar refractivity (Wildman–Crippen MR) is 95.5 cm³/mol. The molecule has 6 heteroatoms. The molecule has 0 spiro atoms. The van der Waals surface area contributed by atoms with Crippen LogP contribution in [0.1, 0.15) is 27.3 Å². The number of rotatable bonds is 2. The van der Waals surface area contributed by atoms with E-state index in [1.165, 1.54) is 16.9 Å². The van der Waals surface area contributed by atoms with Crippen LogP contribution in [0.5, 0.6) is 0 Å². The Morgan fingerprint density at radius 1 is 1.30 bits per heavy atom. The molecule has 116 valence electrons. The molecule has 4 nitrogen and oxygen atoms in total. The van der Waals surface area contributed by atoms with Crippen molar-refractivity contribution in [3.05, 3.63) is 51.5 Å². The van der Waals surface area contributed by atoms with Gasteiger partial charge in [-0.1, -0.05) is 23.7 Å². The summed E-state index contributed by atoms with van der Waals surface area (Å²) in [6.07, 6.45) is 3.18. The summed E-state index contributed by atoms with van der Waals surface area (Å²) in [6.45, 7) is 0. The number of benzene rings is 1. The number of anilines is 2. The first-order valence-electron chi connectivity index (χ1n) is 7.40. The molecule has 2 heterocycles. The molecule has 0 radical (unpaired) electrons. The van der Waals surface area contributed by atoms with E-state index in [9.17, 15) is 4.79 Å². The van der Waals surface area contributed by atoms with Crippen LogP contribution < -0.4 is 11.1 Å². The molecule has 1 aliphatic carbocycles. The zero-order valence-corrected chi connectivity index (χ0v) is 13.8. The molecule has 3 N–H and O–H groups in total. The number of nitrogen functional groups attached to an aromatic ring is 1. The topological polar surface area (TPSA) is 68.0 Å². The molecule has 0 saturated carbocycles. The SMILES string of the molecule is Nc1c(C(=O)Nc2ccccc2Cl)sc2nc3c(cc12)CCC3. The normalized spacial score (nSPS) is 13.3. The highest BCUT2D eigenvalue weighted by Crippen LogP contribution is 2.36. The molecule has 0 bridgehead atoms. The Labute approximate surface area is 142 Å². The van der Waals surface area contributed by atoms with Crippen molar-refractivity contribution in [2.24, 2.45) is 0 Å². The highest BCUT2D eigenvalue weighted by atomic mass is 35.5. The van der Waals surface area contributed by atoms with Gasteiger partial charge in [-0.25, -0.2) is 4.98 Å². The molecule has 0 aliphatic heterocycles. The number of carbonyl (C=O) groups excluding carboxylic acids is 1. The molecule has 1 aromatic carbocycles. The first-order valence-corrected chi connectivity index (χ1v) is 8.59. The number of carbonyl (C=O) groups is 1. The van der Waals surface area contributed by atoms with E-state index in [1.807, 2.05) is 12.1 Å². The van der Waals surface area contributed by atoms with Gasteiger partial charge >= 0.3 is 0 Å². The number of nitrogens with one attached hydrogen (secondary N) is 1. The highest BCUT2D eigenvalue weighted by Gasteiger charge is 2.21. The monoisotopic (exact) mass is 343 g/mol. The van der Waals surface area contributed by atoms with E-state index in [4.69, 9.17) is 17.3 Å². The Hall–Kier alpha value is -2.11. The lowest BCUT2D eigenvalue weighted by atomic mass is 10.1. The van der Waals surface area contributed by atoms with Gasteiger partial charge in [0.2, 0.25) is 0 Å². The van der Waals surface area contributed by atoms with Crippen molar-refractivity contribution in [3.8, 4) is 0 Å². The minimum atomic E-state index is -0.251. The number of para-hydroxylation sites is 1. The standard InChI is InChI=1S/C17H14ClN3OS/c18-11-5-1-2-6-13(11)20-16(22)15-14(19)10-8-9-4-3-7-12(9)21-17(10)23-15/h1-2,5-6,8H,3-4,7,19H2,(H,20,22). The van der Waals surface area contributed by atoms with Crippen LogP contribution in [0.25, 0.3) is 10.2 Å². The molecule has 3 aromatic rings. The van der Waals surface area contributed by atoms with Gasteiger partial charge in [0.05, 0.1) is 16.4 Å². The van der Waals surface area contributed by atoms with Crippen LogP contribution in [0, 0.1) is 0 Å².